The lowest BCUT2D eigenvalue weighted by atomic mass is 10.3. The van der Waals surface area contributed by atoms with Crippen molar-refractivity contribution in [2.24, 2.45) is 7.05 Å². The van der Waals surface area contributed by atoms with E-state index in [0.29, 0.717) is 30.9 Å². The smallest absolute Gasteiger partial charge is 0.270 e. The van der Waals surface area contributed by atoms with Crippen LogP contribution in [0.4, 0.5) is 5.69 Å². The van der Waals surface area contributed by atoms with Crippen LogP contribution < -0.4 is 5.73 Å². The van der Waals surface area contributed by atoms with Crippen molar-refractivity contribution in [1.29, 1.82) is 0 Å². The molecule has 3 N–H and O–H groups in total. The molecular weight excluding hydrogens is 206 g/mol. The number of aromatic nitrogens is 1. The van der Waals surface area contributed by atoms with Crippen molar-refractivity contribution in [3.8, 4) is 0 Å². The summed E-state index contributed by atoms with van der Waals surface area (Å²) in [6.45, 7) is 3.21. The summed E-state index contributed by atoms with van der Waals surface area (Å²) in [6, 6.07) is 1.67. The number of anilines is 1. The Kier molecular flexibility index (Phi) is 4.37. The van der Waals surface area contributed by atoms with E-state index < -0.39 is 0 Å². The van der Waals surface area contributed by atoms with Gasteiger partial charge in [-0.15, -0.1) is 0 Å². The zero-order valence-corrected chi connectivity index (χ0v) is 9.81. The molecule has 0 radical (unpaired) electrons. The summed E-state index contributed by atoms with van der Waals surface area (Å²) in [6.07, 6.45) is 2.31. The molecule has 16 heavy (non-hydrogen) atoms. The maximum Gasteiger partial charge on any atom is 0.270 e. The summed E-state index contributed by atoms with van der Waals surface area (Å²) in [5.41, 5.74) is 6.80. The van der Waals surface area contributed by atoms with Crippen LogP contribution in [-0.2, 0) is 7.05 Å². The van der Waals surface area contributed by atoms with Gasteiger partial charge in [-0.05, 0) is 19.4 Å². The maximum atomic E-state index is 12.1. The molecule has 5 heteroatoms. The number of nitrogens with zero attached hydrogens (tertiary/aromatic N) is 2. The minimum Gasteiger partial charge on any atom is -0.397 e. The molecule has 0 bridgehead atoms. The molecule has 0 aliphatic carbocycles. The quantitative estimate of drug-likeness (QED) is 0.764. The Hall–Kier alpha value is -1.49. The summed E-state index contributed by atoms with van der Waals surface area (Å²) < 4.78 is 1.72. The van der Waals surface area contributed by atoms with Gasteiger partial charge in [0, 0.05) is 32.9 Å². The minimum atomic E-state index is -0.0462. The molecule has 0 spiro atoms. The van der Waals surface area contributed by atoms with Gasteiger partial charge in [0.1, 0.15) is 5.69 Å². The largest absolute Gasteiger partial charge is 0.397 e. The zero-order valence-electron chi connectivity index (χ0n) is 9.81. The van der Waals surface area contributed by atoms with E-state index in [1.807, 2.05) is 6.92 Å². The Labute approximate surface area is 95.5 Å². The molecule has 1 amide bonds. The highest BCUT2D eigenvalue weighted by Crippen LogP contribution is 2.11. The third kappa shape index (κ3) is 2.76. The molecule has 5 nitrogen and oxygen atoms in total. The standard InChI is InChI=1S/C11H19N3O2/c1-3-14(5-4-6-15)11(16)10-7-9(12)8-13(10)2/h7-8,15H,3-6,12H2,1-2H3. The number of amides is 1. The van der Waals surface area contributed by atoms with E-state index in [-0.39, 0.29) is 12.5 Å². The van der Waals surface area contributed by atoms with E-state index >= 15 is 0 Å². The van der Waals surface area contributed by atoms with Gasteiger partial charge in [0.25, 0.3) is 5.91 Å². The number of hydrogen-bond acceptors (Lipinski definition) is 3. The minimum absolute atomic E-state index is 0.0462. The molecular formula is C11H19N3O2. The topological polar surface area (TPSA) is 71.5 Å². The number of aliphatic hydroxyl groups excluding tert-OH is 1. The first kappa shape index (κ1) is 12.6. The van der Waals surface area contributed by atoms with E-state index in [2.05, 4.69) is 0 Å². The lowest BCUT2D eigenvalue weighted by Gasteiger charge is -2.20. The average Bonchev–Trinajstić information content (AvgIpc) is 2.58. The van der Waals surface area contributed by atoms with Gasteiger partial charge in [-0.1, -0.05) is 0 Å². The number of rotatable bonds is 5. The summed E-state index contributed by atoms with van der Waals surface area (Å²) >= 11 is 0. The second kappa shape index (κ2) is 5.55. The molecule has 1 heterocycles. The molecule has 1 rings (SSSR count). The van der Waals surface area contributed by atoms with E-state index in [9.17, 15) is 4.79 Å². The van der Waals surface area contributed by atoms with Crippen LogP contribution in [0.3, 0.4) is 0 Å². The first-order chi connectivity index (χ1) is 7.60. The van der Waals surface area contributed by atoms with Gasteiger partial charge in [-0.2, -0.15) is 0 Å². The fourth-order valence-corrected chi connectivity index (χ4v) is 1.63. The molecule has 90 valence electrons. The molecule has 0 fully saturated rings. The highest BCUT2D eigenvalue weighted by Gasteiger charge is 2.16. The van der Waals surface area contributed by atoms with Gasteiger partial charge >= 0.3 is 0 Å². The van der Waals surface area contributed by atoms with Crippen molar-refractivity contribution in [3.63, 3.8) is 0 Å². The second-order valence-electron chi connectivity index (χ2n) is 3.73. The van der Waals surface area contributed by atoms with Crippen molar-refractivity contribution in [2.45, 2.75) is 13.3 Å². The molecule has 0 saturated heterocycles. The summed E-state index contributed by atoms with van der Waals surface area (Å²) in [5.74, 6) is -0.0462. The molecule has 0 unspecified atom stereocenters. The predicted octanol–water partition coefficient (Wildman–Crippen LogP) is 0.452. The number of aryl methyl sites for hydroxylation is 1. The summed E-state index contributed by atoms with van der Waals surface area (Å²) in [4.78, 5) is 13.8. The van der Waals surface area contributed by atoms with Crippen molar-refractivity contribution in [3.05, 3.63) is 18.0 Å². The van der Waals surface area contributed by atoms with E-state index in [1.54, 1.807) is 28.8 Å². The van der Waals surface area contributed by atoms with Crippen LogP contribution >= 0.6 is 0 Å². The van der Waals surface area contributed by atoms with E-state index in [1.165, 1.54) is 0 Å². The van der Waals surface area contributed by atoms with Gasteiger partial charge in [0.05, 0.1) is 5.69 Å². The van der Waals surface area contributed by atoms with Crippen LogP contribution in [-0.4, -0.2) is 40.2 Å². The van der Waals surface area contributed by atoms with Crippen LogP contribution in [0.5, 0.6) is 0 Å². The summed E-state index contributed by atoms with van der Waals surface area (Å²) in [7, 11) is 1.80. The van der Waals surface area contributed by atoms with Gasteiger partial charge in [-0.25, -0.2) is 0 Å². The Bertz CT molecular complexity index is 360. The molecule has 0 aromatic carbocycles. The number of nitrogen functional groups attached to an aromatic ring is 1. The Morgan fingerprint density at radius 2 is 2.31 bits per heavy atom. The Morgan fingerprint density at radius 3 is 2.75 bits per heavy atom. The third-order valence-electron chi connectivity index (χ3n) is 2.50. The SMILES string of the molecule is CCN(CCCO)C(=O)c1cc(N)cn1C. The Balaban J connectivity index is 2.78. The first-order valence-corrected chi connectivity index (χ1v) is 5.42. The van der Waals surface area contributed by atoms with Crippen molar-refractivity contribution in [1.82, 2.24) is 9.47 Å². The van der Waals surface area contributed by atoms with Gasteiger partial charge in [-0.3, -0.25) is 4.79 Å². The first-order valence-electron chi connectivity index (χ1n) is 5.42. The van der Waals surface area contributed by atoms with Crippen LogP contribution in [0.2, 0.25) is 0 Å². The van der Waals surface area contributed by atoms with Crippen molar-refractivity contribution >= 4 is 11.6 Å². The van der Waals surface area contributed by atoms with Crippen LogP contribution in [0.25, 0.3) is 0 Å². The third-order valence-corrected chi connectivity index (χ3v) is 2.50. The van der Waals surface area contributed by atoms with E-state index in [4.69, 9.17) is 10.8 Å². The number of carbonyl (C=O) groups excluding carboxylic acids is 1. The van der Waals surface area contributed by atoms with Crippen molar-refractivity contribution < 1.29 is 9.90 Å². The van der Waals surface area contributed by atoms with Crippen LogP contribution in [0.15, 0.2) is 12.3 Å². The maximum absolute atomic E-state index is 12.1. The Morgan fingerprint density at radius 1 is 1.62 bits per heavy atom. The predicted molar refractivity (Wildman–Crippen MR) is 63.1 cm³/mol. The van der Waals surface area contributed by atoms with Gasteiger partial charge < -0.3 is 20.3 Å². The lowest BCUT2D eigenvalue weighted by molar-refractivity contribution is 0.0745. The fourth-order valence-electron chi connectivity index (χ4n) is 1.63. The number of aliphatic hydroxyl groups is 1. The zero-order chi connectivity index (χ0) is 12.1. The number of hydrogen-bond donors (Lipinski definition) is 2. The molecule has 0 aliphatic heterocycles. The summed E-state index contributed by atoms with van der Waals surface area (Å²) in [5, 5.41) is 8.76. The molecule has 0 atom stereocenters. The molecule has 1 aromatic rings. The normalized spacial score (nSPS) is 10.4. The fraction of sp³-hybridized carbons (Fsp3) is 0.545. The van der Waals surface area contributed by atoms with Crippen LogP contribution in [0, 0.1) is 0 Å². The van der Waals surface area contributed by atoms with Gasteiger partial charge in [0.15, 0.2) is 0 Å². The highest BCUT2D eigenvalue weighted by atomic mass is 16.3. The second-order valence-corrected chi connectivity index (χ2v) is 3.73. The van der Waals surface area contributed by atoms with E-state index in [0.717, 1.165) is 0 Å². The lowest BCUT2D eigenvalue weighted by Crippen LogP contribution is -2.33. The van der Waals surface area contributed by atoms with Gasteiger partial charge in [0.2, 0.25) is 0 Å². The molecule has 0 saturated carbocycles. The molecule has 1 aromatic heterocycles. The molecule has 0 aliphatic rings. The number of nitrogens with two attached hydrogens (primary N) is 1. The van der Waals surface area contributed by atoms with Crippen molar-refractivity contribution in [2.75, 3.05) is 25.4 Å². The number of carbonyl (C=O) groups is 1. The average molecular weight is 225 g/mol. The monoisotopic (exact) mass is 225 g/mol. The van der Waals surface area contributed by atoms with Crippen LogP contribution in [0.1, 0.15) is 23.8 Å². The highest BCUT2D eigenvalue weighted by molar-refractivity contribution is 5.93.